The summed E-state index contributed by atoms with van der Waals surface area (Å²) in [6.45, 7) is 2.76. The fourth-order valence-corrected chi connectivity index (χ4v) is 2.22. The number of benzene rings is 1. The third-order valence-corrected chi connectivity index (χ3v) is 3.45. The van der Waals surface area contributed by atoms with E-state index in [0.29, 0.717) is 0 Å². The van der Waals surface area contributed by atoms with Crippen molar-refractivity contribution in [2.45, 2.75) is 25.9 Å². The number of halogens is 1. The Bertz CT molecular complexity index is 537. The normalized spacial score (nSPS) is 12.2. The third-order valence-electron chi connectivity index (χ3n) is 2.92. The van der Waals surface area contributed by atoms with Crippen LogP contribution in [0.1, 0.15) is 18.1 Å². The van der Waals surface area contributed by atoms with Crippen LogP contribution in [-0.4, -0.2) is 23.1 Å². The second kappa shape index (κ2) is 6.81. The van der Waals surface area contributed by atoms with E-state index in [9.17, 15) is 0 Å². The van der Waals surface area contributed by atoms with Crippen molar-refractivity contribution in [1.82, 2.24) is 9.97 Å². The van der Waals surface area contributed by atoms with Crippen molar-refractivity contribution in [3.63, 3.8) is 0 Å². The molecule has 1 atom stereocenters. The smallest absolute Gasteiger partial charge is 0.225 e. The first kappa shape index (κ1) is 14.9. The van der Waals surface area contributed by atoms with E-state index >= 15 is 0 Å². The van der Waals surface area contributed by atoms with Gasteiger partial charge in [-0.25, -0.2) is 9.97 Å². The number of nitrogens with zero attached hydrogens (tertiary/aromatic N) is 3. The second-order valence-electron chi connectivity index (χ2n) is 5.06. The van der Waals surface area contributed by atoms with Gasteiger partial charge >= 0.3 is 0 Å². The number of hydrogen-bond acceptors (Lipinski definition) is 4. The number of rotatable bonds is 5. The molecular weight excluding hydrogens is 316 g/mol. The monoisotopic (exact) mass is 334 g/mol. The molecule has 1 heterocycles. The Hall–Kier alpha value is -1.46. The van der Waals surface area contributed by atoms with E-state index in [0.717, 1.165) is 29.0 Å². The molecule has 106 valence electrons. The van der Waals surface area contributed by atoms with Gasteiger partial charge in [0.05, 0.1) is 0 Å². The zero-order chi connectivity index (χ0) is 14.5. The van der Waals surface area contributed by atoms with Crippen molar-refractivity contribution in [2.75, 3.05) is 11.9 Å². The topological polar surface area (TPSA) is 55.0 Å². The minimum atomic E-state index is 0.130. The highest BCUT2D eigenvalue weighted by Gasteiger charge is 2.06. The Labute approximate surface area is 128 Å². The maximum Gasteiger partial charge on any atom is 0.225 e. The van der Waals surface area contributed by atoms with Crippen LogP contribution < -0.4 is 10.6 Å². The Kier molecular flexibility index (Phi) is 5.09. The highest BCUT2D eigenvalue weighted by Crippen LogP contribution is 2.14. The highest BCUT2D eigenvalue weighted by atomic mass is 79.9. The lowest BCUT2D eigenvalue weighted by Crippen LogP contribution is -2.20. The number of hydrogen-bond donors (Lipinski definition) is 1. The molecule has 2 rings (SSSR count). The molecule has 0 fully saturated rings. The molecule has 0 amide bonds. The maximum absolute atomic E-state index is 5.77. The van der Waals surface area contributed by atoms with Gasteiger partial charge in [0.25, 0.3) is 0 Å². The van der Waals surface area contributed by atoms with E-state index in [-0.39, 0.29) is 6.04 Å². The van der Waals surface area contributed by atoms with Crippen LogP contribution in [-0.2, 0) is 13.0 Å². The molecule has 1 aromatic carbocycles. The van der Waals surface area contributed by atoms with Gasteiger partial charge in [0.1, 0.15) is 0 Å². The summed E-state index contributed by atoms with van der Waals surface area (Å²) in [7, 11) is 1.99. The molecule has 0 saturated heterocycles. The second-order valence-corrected chi connectivity index (χ2v) is 5.97. The first-order valence-corrected chi connectivity index (χ1v) is 7.36. The number of aromatic nitrogens is 2. The van der Waals surface area contributed by atoms with Crippen LogP contribution in [0, 0.1) is 0 Å². The van der Waals surface area contributed by atoms with Crippen molar-refractivity contribution in [1.29, 1.82) is 0 Å². The minimum Gasteiger partial charge on any atom is -0.340 e. The van der Waals surface area contributed by atoms with Crippen LogP contribution in [0.2, 0.25) is 0 Å². The van der Waals surface area contributed by atoms with Crippen molar-refractivity contribution < 1.29 is 0 Å². The van der Waals surface area contributed by atoms with E-state index in [1.807, 2.05) is 43.4 Å². The third kappa shape index (κ3) is 4.28. The summed E-state index contributed by atoms with van der Waals surface area (Å²) in [5.41, 5.74) is 8.06. The van der Waals surface area contributed by atoms with Crippen LogP contribution in [0.15, 0.2) is 41.1 Å². The summed E-state index contributed by atoms with van der Waals surface area (Å²) in [6.07, 6.45) is 4.50. The maximum atomic E-state index is 5.77. The van der Waals surface area contributed by atoms with Crippen LogP contribution in [0.4, 0.5) is 5.95 Å². The quantitative estimate of drug-likeness (QED) is 0.913. The fourth-order valence-electron chi connectivity index (χ4n) is 1.96. The van der Waals surface area contributed by atoms with E-state index in [4.69, 9.17) is 5.73 Å². The van der Waals surface area contributed by atoms with Gasteiger partial charge in [-0.15, -0.1) is 0 Å². The van der Waals surface area contributed by atoms with Gasteiger partial charge in [-0.1, -0.05) is 28.1 Å². The molecule has 0 radical (unpaired) electrons. The van der Waals surface area contributed by atoms with Gasteiger partial charge in [-0.05, 0) is 36.6 Å². The molecule has 0 spiro atoms. The predicted molar refractivity (Wildman–Crippen MR) is 85.6 cm³/mol. The Morgan fingerprint density at radius 3 is 2.30 bits per heavy atom. The lowest BCUT2D eigenvalue weighted by atomic mass is 10.1. The zero-order valence-electron chi connectivity index (χ0n) is 11.8. The molecule has 4 nitrogen and oxygen atoms in total. The molecule has 0 bridgehead atoms. The summed E-state index contributed by atoms with van der Waals surface area (Å²) in [4.78, 5) is 10.8. The first-order valence-electron chi connectivity index (χ1n) is 6.56. The first-order chi connectivity index (χ1) is 9.54. The molecular formula is C15H19BrN4. The van der Waals surface area contributed by atoms with Gasteiger partial charge in [-0.3, -0.25) is 0 Å². The molecule has 0 saturated carbocycles. The summed E-state index contributed by atoms with van der Waals surface area (Å²) >= 11 is 3.44. The van der Waals surface area contributed by atoms with Gasteiger partial charge in [-0.2, -0.15) is 0 Å². The standard InChI is InChI=1S/C15H19BrN4/c1-11(17)7-13-8-18-15(19-9-13)20(2)10-12-3-5-14(16)6-4-12/h3-6,8-9,11H,7,10,17H2,1-2H3. The summed E-state index contributed by atoms with van der Waals surface area (Å²) in [5.74, 6) is 0.723. The SMILES string of the molecule is CC(N)Cc1cnc(N(C)Cc2ccc(Br)cc2)nc1. The van der Waals surface area contributed by atoms with E-state index < -0.39 is 0 Å². The van der Waals surface area contributed by atoms with Gasteiger partial charge in [0.2, 0.25) is 5.95 Å². The number of nitrogens with two attached hydrogens (primary N) is 1. The minimum absolute atomic E-state index is 0.130. The van der Waals surface area contributed by atoms with Crippen molar-refractivity contribution in [3.05, 3.63) is 52.3 Å². The van der Waals surface area contributed by atoms with Crippen molar-refractivity contribution >= 4 is 21.9 Å². The number of anilines is 1. The van der Waals surface area contributed by atoms with Gasteiger partial charge < -0.3 is 10.6 Å². The largest absolute Gasteiger partial charge is 0.340 e. The molecule has 2 aromatic rings. The molecule has 0 aliphatic heterocycles. The molecule has 2 N–H and O–H groups in total. The Morgan fingerprint density at radius 1 is 1.15 bits per heavy atom. The van der Waals surface area contributed by atoms with Crippen molar-refractivity contribution in [3.8, 4) is 0 Å². The van der Waals surface area contributed by atoms with Gasteiger partial charge in [0, 0.05) is 36.5 Å². The fraction of sp³-hybridized carbons (Fsp3) is 0.333. The molecule has 20 heavy (non-hydrogen) atoms. The molecule has 1 unspecified atom stereocenters. The van der Waals surface area contributed by atoms with Crippen LogP contribution >= 0.6 is 15.9 Å². The Morgan fingerprint density at radius 2 is 1.75 bits per heavy atom. The summed E-state index contributed by atoms with van der Waals surface area (Å²) in [5, 5.41) is 0. The molecule has 5 heteroatoms. The van der Waals surface area contributed by atoms with E-state index in [1.165, 1.54) is 5.56 Å². The highest BCUT2D eigenvalue weighted by molar-refractivity contribution is 9.10. The average molecular weight is 335 g/mol. The van der Waals surface area contributed by atoms with E-state index in [1.54, 1.807) is 0 Å². The summed E-state index contributed by atoms with van der Waals surface area (Å²) in [6, 6.07) is 8.38. The predicted octanol–water partition coefficient (Wildman–Crippen LogP) is 2.77. The average Bonchev–Trinajstić information content (AvgIpc) is 2.41. The van der Waals surface area contributed by atoms with Crippen molar-refractivity contribution in [2.24, 2.45) is 5.73 Å². The van der Waals surface area contributed by atoms with E-state index in [2.05, 4.69) is 38.0 Å². The molecule has 1 aromatic heterocycles. The summed E-state index contributed by atoms with van der Waals surface area (Å²) < 4.78 is 1.08. The Balaban J connectivity index is 2.01. The molecule has 0 aliphatic carbocycles. The lowest BCUT2D eigenvalue weighted by Gasteiger charge is -2.17. The lowest BCUT2D eigenvalue weighted by molar-refractivity contribution is 0.730. The van der Waals surface area contributed by atoms with Crippen LogP contribution in [0.3, 0.4) is 0 Å². The molecule has 0 aliphatic rings. The zero-order valence-corrected chi connectivity index (χ0v) is 13.3. The van der Waals surface area contributed by atoms with Crippen LogP contribution in [0.5, 0.6) is 0 Å². The van der Waals surface area contributed by atoms with Gasteiger partial charge in [0.15, 0.2) is 0 Å². The van der Waals surface area contributed by atoms with Crippen LogP contribution in [0.25, 0.3) is 0 Å².